The molecule has 4 aliphatic rings. The van der Waals surface area contributed by atoms with Crippen molar-refractivity contribution in [2.24, 2.45) is 5.41 Å². The third-order valence-corrected chi connectivity index (χ3v) is 8.06. The summed E-state index contributed by atoms with van der Waals surface area (Å²) in [5.41, 5.74) is 1.80. The van der Waals surface area contributed by atoms with Gasteiger partial charge in [0.05, 0.1) is 19.8 Å². The molecule has 8 heteroatoms. The number of hydrogen-bond acceptors (Lipinski definition) is 8. The summed E-state index contributed by atoms with van der Waals surface area (Å²) >= 11 is 0. The van der Waals surface area contributed by atoms with Gasteiger partial charge in [0.2, 0.25) is 6.39 Å². The van der Waals surface area contributed by atoms with Crippen LogP contribution in [0.5, 0.6) is 5.75 Å². The van der Waals surface area contributed by atoms with E-state index in [1.165, 1.54) is 57.2 Å². The summed E-state index contributed by atoms with van der Waals surface area (Å²) in [4.78, 5) is 4.97. The predicted octanol–water partition coefficient (Wildman–Crippen LogP) is 3.10. The van der Waals surface area contributed by atoms with E-state index in [1.807, 2.05) is 0 Å². The van der Waals surface area contributed by atoms with Gasteiger partial charge in [-0.15, -0.1) is 5.10 Å². The van der Waals surface area contributed by atoms with E-state index < -0.39 is 0 Å². The number of piperidine rings is 1. The Morgan fingerprint density at radius 2 is 1.97 bits per heavy atom. The van der Waals surface area contributed by atoms with E-state index in [9.17, 15) is 0 Å². The number of likely N-dealkylation sites (tertiary alicyclic amines) is 1. The number of hydrogen-bond donors (Lipinski definition) is 0. The second kappa shape index (κ2) is 9.24. The van der Waals surface area contributed by atoms with E-state index >= 15 is 0 Å². The second-order valence-corrected chi connectivity index (χ2v) is 10.2. The van der Waals surface area contributed by atoms with Gasteiger partial charge in [-0.2, -0.15) is 0 Å². The van der Waals surface area contributed by atoms with E-state index in [-0.39, 0.29) is 6.10 Å². The molecule has 0 amide bonds. The van der Waals surface area contributed by atoms with E-state index in [1.54, 1.807) is 0 Å². The number of nitrogens with zero attached hydrogens (tertiary/aromatic N) is 4. The first-order chi connectivity index (χ1) is 16.3. The molecular formula is C25H34N4O4. The van der Waals surface area contributed by atoms with Crippen molar-refractivity contribution in [2.75, 3.05) is 57.5 Å². The average Bonchev–Trinajstić information content (AvgIpc) is 3.53. The number of para-hydroxylation sites is 1. The molecule has 1 spiro atoms. The molecule has 8 nitrogen and oxygen atoms in total. The standard InChI is InChI=1S/C25H34N4O4/c1-2-4-23(32-15-21-14-30-11-12-31-21)22(3-1)19-6-9-28(10-7-19)20-5-8-25(13-20)16-29(17-25)24-27-26-18-33-24/h1-4,18-21H,5-17H2/t20-,21+/m1/s1. The van der Waals surface area contributed by atoms with Crippen LogP contribution in [0.3, 0.4) is 0 Å². The molecule has 3 aliphatic heterocycles. The molecule has 0 radical (unpaired) electrons. The molecule has 1 aromatic heterocycles. The van der Waals surface area contributed by atoms with Gasteiger partial charge in [0.1, 0.15) is 18.5 Å². The quantitative estimate of drug-likeness (QED) is 0.659. The molecule has 4 fully saturated rings. The zero-order valence-electron chi connectivity index (χ0n) is 19.2. The molecule has 0 bridgehead atoms. The minimum absolute atomic E-state index is 0.0330. The van der Waals surface area contributed by atoms with E-state index in [4.69, 9.17) is 18.6 Å². The smallest absolute Gasteiger partial charge is 0.317 e. The lowest BCUT2D eigenvalue weighted by Gasteiger charge is -2.48. The van der Waals surface area contributed by atoms with Crippen LogP contribution in [0.25, 0.3) is 0 Å². The molecule has 2 atom stereocenters. The summed E-state index contributed by atoms with van der Waals surface area (Å²) < 4.78 is 22.8. The van der Waals surface area contributed by atoms with Gasteiger partial charge in [-0.3, -0.25) is 0 Å². The average molecular weight is 455 g/mol. The fourth-order valence-corrected chi connectivity index (χ4v) is 6.32. The van der Waals surface area contributed by atoms with Crippen molar-refractivity contribution in [1.29, 1.82) is 0 Å². The number of benzene rings is 1. The lowest BCUT2D eigenvalue weighted by molar-refractivity contribution is -0.101. The van der Waals surface area contributed by atoms with Gasteiger partial charge < -0.3 is 28.4 Å². The van der Waals surface area contributed by atoms with Gasteiger partial charge in [0.25, 0.3) is 0 Å². The summed E-state index contributed by atoms with van der Waals surface area (Å²) in [5.74, 6) is 1.58. The van der Waals surface area contributed by atoms with Crippen molar-refractivity contribution in [3.05, 3.63) is 36.2 Å². The molecule has 1 saturated carbocycles. The molecular weight excluding hydrogens is 420 g/mol. The lowest BCUT2D eigenvalue weighted by Crippen LogP contribution is -2.56. The molecule has 0 N–H and O–H groups in total. The van der Waals surface area contributed by atoms with Crippen LogP contribution < -0.4 is 9.64 Å². The Bertz CT molecular complexity index is 903. The Hall–Kier alpha value is -2.16. The van der Waals surface area contributed by atoms with Crippen LogP contribution in [-0.4, -0.2) is 79.8 Å². The van der Waals surface area contributed by atoms with Gasteiger partial charge in [0, 0.05) is 24.5 Å². The van der Waals surface area contributed by atoms with Crippen LogP contribution in [0, 0.1) is 5.41 Å². The van der Waals surface area contributed by atoms with Crippen LogP contribution in [0.4, 0.5) is 6.01 Å². The topological polar surface area (TPSA) is 73.1 Å². The molecule has 1 aliphatic carbocycles. The van der Waals surface area contributed by atoms with Gasteiger partial charge in [-0.25, -0.2) is 0 Å². The van der Waals surface area contributed by atoms with Crippen LogP contribution in [0.15, 0.2) is 35.1 Å². The number of anilines is 1. The van der Waals surface area contributed by atoms with Crippen LogP contribution in [0.2, 0.25) is 0 Å². The van der Waals surface area contributed by atoms with Gasteiger partial charge in [0.15, 0.2) is 0 Å². The van der Waals surface area contributed by atoms with Crippen molar-refractivity contribution in [2.45, 2.75) is 50.2 Å². The number of rotatable bonds is 6. The zero-order valence-corrected chi connectivity index (χ0v) is 19.2. The molecule has 1 aromatic carbocycles. The first-order valence-corrected chi connectivity index (χ1v) is 12.4. The monoisotopic (exact) mass is 454 g/mol. The maximum atomic E-state index is 6.21. The van der Waals surface area contributed by atoms with Crippen LogP contribution in [0.1, 0.15) is 43.6 Å². The highest BCUT2D eigenvalue weighted by atomic mass is 16.6. The summed E-state index contributed by atoms with van der Waals surface area (Å²) in [7, 11) is 0. The normalized spacial score (nSPS) is 28.2. The minimum atomic E-state index is 0.0330. The Kier molecular flexibility index (Phi) is 5.98. The first kappa shape index (κ1) is 21.4. The largest absolute Gasteiger partial charge is 0.490 e. The summed E-state index contributed by atoms with van der Waals surface area (Å²) in [6.07, 6.45) is 7.76. The fourth-order valence-electron chi connectivity index (χ4n) is 6.32. The van der Waals surface area contributed by atoms with E-state index in [0.29, 0.717) is 49.8 Å². The molecule has 3 saturated heterocycles. The van der Waals surface area contributed by atoms with Crippen molar-refractivity contribution >= 4 is 6.01 Å². The van der Waals surface area contributed by atoms with Crippen molar-refractivity contribution < 1.29 is 18.6 Å². The summed E-state index contributed by atoms with van der Waals surface area (Å²) in [5, 5.41) is 7.88. The van der Waals surface area contributed by atoms with Crippen molar-refractivity contribution in [1.82, 2.24) is 15.1 Å². The number of ether oxygens (including phenoxy) is 3. The van der Waals surface area contributed by atoms with E-state index in [2.05, 4.69) is 44.3 Å². The maximum absolute atomic E-state index is 6.21. The SMILES string of the molecule is c1ccc(C2CCN([C@@H]3CCC4(C3)CN(c3nnco3)C4)CC2)c(OC[C@@H]2COCCO2)c1. The fraction of sp³-hybridized carbons (Fsp3) is 0.680. The second-order valence-electron chi connectivity index (χ2n) is 10.2. The molecule has 4 heterocycles. The first-order valence-electron chi connectivity index (χ1n) is 12.4. The highest BCUT2D eigenvalue weighted by Gasteiger charge is 2.50. The van der Waals surface area contributed by atoms with Crippen LogP contribution in [-0.2, 0) is 9.47 Å². The Labute approximate surface area is 195 Å². The van der Waals surface area contributed by atoms with Crippen molar-refractivity contribution in [3.8, 4) is 5.75 Å². The van der Waals surface area contributed by atoms with Crippen LogP contribution >= 0.6 is 0 Å². The van der Waals surface area contributed by atoms with Crippen molar-refractivity contribution in [3.63, 3.8) is 0 Å². The summed E-state index contributed by atoms with van der Waals surface area (Å²) in [6.45, 7) is 6.98. The van der Waals surface area contributed by atoms with Gasteiger partial charge in [-0.05, 0) is 62.7 Å². The maximum Gasteiger partial charge on any atom is 0.317 e. The summed E-state index contributed by atoms with van der Waals surface area (Å²) in [6, 6.07) is 9.96. The Morgan fingerprint density at radius 1 is 1.09 bits per heavy atom. The lowest BCUT2D eigenvalue weighted by atomic mass is 9.78. The van der Waals surface area contributed by atoms with Gasteiger partial charge >= 0.3 is 6.01 Å². The molecule has 33 heavy (non-hydrogen) atoms. The third kappa shape index (κ3) is 4.48. The zero-order chi connectivity index (χ0) is 22.1. The molecule has 2 aromatic rings. The third-order valence-electron chi connectivity index (χ3n) is 8.06. The molecule has 6 rings (SSSR count). The number of aromatic nitrogens is 2. The highest BCUT2D eigenvalue weighted by Crippen LogP contribution is 2.48. The minimum Gasteiger partial charge on any atom is -0.490 e. The van der Waals surface area contributed by atoms with Gasteiger partial charge in [-0.1, -0.05) is 23.3 Å². The van der Waals surface area contributed by atoms with E-state index in [0.717, 1.165) is 18.8 Å². The Morgan fingerprint density at radius 3 is 2.76 bits per heavy atom. The molecule has 0 unspecified atom stereocenters. The molecule has 178 valence electrons. The Balaban J connectivity index is 1.01. The predicted molar refractivity (Wildman–Crippen MR) is 123 cm³/mol. The highest BCUT2D eigenvalue weighted by molar-refractivity contribution is 5.37.